The van der Waals surface area contributed by atoms with E-state index in [0.717, 1.165) is 24.8 Å². The molecule has 11 heavy (non-hydrogen) atoms. The van der Waals surface area contributed by atoms with Gasteiger partial charge in [0, 0.05) is 0 Å². The molecule has 2 atom stereocenters. The van der Waals surface area contributed by atoms with Crippen LogP contribution in [0.25, 0.3) is 0 Å². The van der Waals surface area contributed by atoms with E-state index >= 15 is 0 Å². The minimum atomic E-state index is -0.138. The van der Waals surface area contributed by atoms with Gasteiger partial charge in [-0.1, -0.05) is 6.08 Å². The van der Waals surface area contributed by atoms with Gasteiger partial charge in [0.05, 0.1) is 12.7 Å². The van der Waals surface area contributed by atoms with E-state index in [9.17, 15) is 5.11 Å². The van der Waals surface area contributed by atoms with Crippen LogP contribution >= 0.6 is 0 Å². The number of hydrogen-bond donors (Lipinski definition) is 2. The zero-order chi connectivity index (χ0) is 8.27. The lowest BCUT2D eigenvalue weighted by atomic mass is 9.98. The summed E-state index contributed by atoms with van der Waals surface area (Å²) in [4.78, 5) is 0. The first-order valence-electron chi connectivity index (χ1n) is 4.22. The zero-order valence-electron chi connectivity index (χ0n) is 6.95. The van der Waals surface area contributed by atoms with Crippen LogP contribution in [0.1, 0.15) is 26.2 Å². The molecule has 0 spiro atoms. The van der Waals surface area contributed by atoms with Gasteiger partial charge in [0.1, 0.15) is 0 Å². The normalized spacial score (nSPS) is 32.8. The van der Waals surface area contributed by atoms with E-state index in [2.05, 4.69) is 0 Å². The standard InChI is InChI=1S/C9H16O2/c1-2-7(6-10)8-3-4-9(11)5-8/h2,8-11H,3-6H2,1H3/b7-2-/t8-,9?/m0/s1. The molecule has 1 aliphatic carbocycles. The van der Waals surface area contributed by atoms with Crippen molar-refractivity contribution in [2.24, 2.45) is 5.92 Å². The Balaban J connectivity index is 2.48. The summed E-state index contributed by atoms with van der Waals surface area (Å²) in [5.41, 5.74) is 1.08. The molecule has 2 N–H and O–H groups in total. The molecule has 64 valence electrons. The maximum atomic E-state index is 9.23. The lowest BCUT2D eigenvalue weighted by molar-refractivity contribution is 0.178. The van der Waals surface area contributed by atoms with Gasteiger partial charge in [0.2, 0.25) is 0 Å². The SMILES string of the molecule is C/C=C(/CO)[C@H]1CCC(O)C1. The quantitative estimate of drug-likeness (QED) is 0.587. The molecule has 0 amide bonds. The number of allylic oxidation sites excluding steroid dienone is 1. The van der Waals surface area contributed by atoms with Crippen LogP contribution in [0.3, 0.4) is 0 Å². The average Bonchev–Trinajstić information content (AvgIpc) is 2.39. The molecule has 0 bridgehead atoms. The molecule has 2 nitrogen and oxygen atoms in total. The van der Waals surface area contributed by atoms with Gasteiger partial charge >= 0.3 is 0 Å². The van der Waals surface area contributed by atoms with Crippen LogP contribution in [-0.2, 0) is 0 Å². The Labute approximate surface area is 67.6 Å². The second-order valence-electron chi connectivity index (χ2n) is 3.19. The van der Waals surface area contributed by atoms with Crippen LogP contribution < -0.4 is 0 Å². The fourth-order valence-corrected chi connectivity index (χ4v) is 1.75. The second-order valence-corrected chi connectivity index (χ2v) is 3.19. The number of rotatable bonds is 2. The molecular weight excluding hydrogens is 140 g/mol. The van der Waals surface area contributed by atoms with E-state index < -0.39 is 0 Å². The third kappa shape index (κ3) is 2.04. The monoisotopic (exact) mass is 156 g/mol. The number of aliphatic hydroxyl groups is 2. The molecule has 0 heterocycles. The van der Waals surface area contributed by atoms with Crippen molar-refractivity contribution in [2.45, 2.75) is 32.3 Å². The van der Waals surface area contributed by atoms with Gasteiger partial charge in [-0.2, -0.15) is 0 Å². The first-order chi connectivity index (χ1) is 5.27. The summed E-state index contributed by atoms with van der Waals surface area (Å²) in [6.07, 6.45) is 4.58. The van der Waals surface area contributed by atoms with Crippen molar-refractivity contribution in [1.82, 2.24) is 0 Å². The maximum Gasteiger partial charge on any atom is 0.0644 e. The molecule has 1 fully saturated rings. The lowest BCUT2D eigenvalue weighted by Gasteiger charge is -2.10. The molecule has 1 unspecified atom stereocenters. The Morgan fingerprint density at radius 1 is 1.55 bits per heavy atom. The van der Waals surface area contributed by atoms with E-state index in [4.69, 9.17) is 5.11 Å². The highest BCUT2D eigenvalue weighted by molar-refractivity contribution is 5.08. The Hall–Kier alpha value is -0.340. The van der Waals surface area contributed by atoms with Crippen molar-refractivity contribution in [3.63, 3.8) is 0 Å². The van der Waals surface area contributed by atoms with Crippen LogP contribution in [0.4, 0.5) is 0 Å². The third-order valence-corrected chi connectivity index (χ3v) is 2.48. The van der Waals surface area contributed by atoms with Crippen molar-refractivity contribution in [1.29, 1.82) is 0 Å². The summed E-state index contributed by atoms with van der Waals surface area (Å²) in [6.45, 7) is 2.09. The Morgan fingerprint density at radius 2 is 2.27 bits per heavy atom. The van der Waals surface area contributed by atoms with Crippen molar-refractivity contribution >= 4 is 0 Å². The molecule has 0 aromatic heterocycles. The number of hydrogen-bond acceptors (Lipinski definition) is 2. The fourth-order valence-electron chi connectivity index (χ4n) is 1.75. The minimum absolute atomic E-state index is 0.138. The Bertz CT molecular complexity index is 152. The fraction of sp³-hybridized carbons (Fsp3) is 0.778. The van der Waals surface area contributed by atoms with Crippen LogP contribution in [0.5, 0.6) is 0 Å². The zero-order valence-corrected chi connectivity index (χ0v) is 6.95. The van der Waals surface area contributed by atoms with Gasteiger partial charge in [-0.15, -0.1) is 0 Å². The molecule has 1 saturated carbocycles. The molecule has 2 heteroatoms. The highest BCUT2D eigenvalue weighted by Crippen LogP contribution is 2.30. The van der Waals surface area contributed by atoms with Crippen LogP contribution in [-0.4, -0.2) is 22.9 Å². The van der Waals surface area contributed by atoms with Crippen LogP contribution in [0, 0.1) is 5.92 Å². The van der Waals surface area contributed by atoms with Gasteiger partial charge < -0.3 is 10.2 Å². The molecule has 0 aliphatic heterocycles. The van der Waals surface area contributed by atoms with Gasteiger partial charge in [-0.3, -0.25) is 0 Å². The summed E-state index contributed by atoms with van der Waals surface area (Å²) in [6, 6.07) is 0. The average molecular weight is 156 g/mol. The molecular formula is C9H16O2. The largest absolute Gasteiger partial charge is 0.393 e. The van der Waals surface area contributed by atoms with E-state index in [1.807, 2.05) is 13.0 Å². The van der Waals surface area contributed by atoms with Crippen molar-refractivity contribution < 1.29 is 10.2 Å². The minimum Gasteiger partial charge on any atom is -0.393 e. The molecule has 0 radical (unpaired) electrons. The molecule has 1 aliphatic rings. The topological polar surface area (TPSA) is 40.5 Å². The summed E-state index contributed by atoms with van der Waals surface area (Å²) < 4.78 is 0. The van der Waals surface area contributed by atoms with Crippen molar-refractivity contribution in [3.05, 3.63) is 11.6 Å². The smallest absolute Gasteiger partial charge is 0.0644 e. The molecule has 0 saturated heterocycles. The molecule has 0 aromatic carbocycles. The van der Waals surface area contributed by atoms with E-state index in [0.29, 0.717) is 5.92 Å². The molecule has 0 aromatic rings. The van der Waals surface area contributed by atoms with Gasteiger partial charge in [-0.25, -0.2) is 0 Å². The van der Waals surface area contributed by atoms with Crippen molar-refractivity contribution in [3.8, 4) is 0 Å². The first kappa shape index (κ1) is 8.75. The van der Waals surface area contributed by atoms with Crippen LogP contribution in [0.15, 0.2) is 11.6 Å². The third-order valence-electron chi connectivity index (χ3n) is 2.48. The van der Waals surface area contributed by atoms with E-state index in [1.165, 1.54) is 0 Å². The summed E-state index contributed by atoms with van der Waals surface area (Å²) >= 11 is 0. The summed E-state index contributed by atoms with van der Waals surface area (Å²) in [5, 5.41) is 18.2. The highest BCUT2D eigenvalue weighted by Gasteiger charge is 2.24. The van der Waals surface area contributed by atoms with Gasteiger partial charge in [0.25, 0.3) is 0 Å². The predicted molar refractivity (Wildman–Crippen MR) is 44.2 cm³/mol. The van der Waals surface area contributed by atoms with Crippen LogP contribution in [0.2, 0.25) is 0 Å². The van der Waals surface area contributed by atoms with E-state index in [-0.39, 0.29) is 12.7 Å². The molecule has 1 rings (SSSR count). The Kier molecular flexibility index (Phi) is 3.09. The Morgan fingerprint density at radius 3 is 2.64 bits per heavy atom. The second kappa shape index (κ2) is 3.88. The predicted octanol–water partition coefficient (Wildman–Crippen LogP) is 1.09. The number of aliphatic hydroxyl groups excluding tert-OH is 2. The summed E-state index contributed by atoms with van der Waals surface area (Å²) in [7, 11) is 0. The first-order valence-corrected chi connectivity index (χ1v) is 4.22. The van der Waals surface area contributed by atoms with Gasteiger partial charge in [-0.05, 0) is 37.7 Å². The van der Waals surface area contributed by atoms with Crippen molar-refractivity contribution in [2.75, 3.05) is 6.61 Å². The lowest BCUT2D eigenvalue weighted by Crippen LogP contribution is -2.05. The van der Waals surface area contributed by atoms with Gasteiger partial charge in [0.15, 0.2) is 0 Å². The summed E-state index contributed by atoms with van der Waals surface area (Å²) in [5.74, 6) is 0.431. The maximum absolute atomic E-state index is 9.23. The highest BCUT2D eigenvalue weighted by atomic mass is 16.3. The van der Waals surface area contributed by atoms with E-state index in [1.54, 1.807) is 0 Å².